The van der Waals surface area contributed by atoms with Crippen LogP contribution in [0, 0.1) is 0 Å². The Hall–Kier alpha value is -2.96. The number of anilines is 1. The van der Waals surface area contributed by atoms with E-state index in [1.165, 1.54) is 6.33 Å². The third kappa shape index (κ3) is 4.32. The second-order valence-electron chi connectivity index (χ2n) is 5.77. The molecule has 0 unspecified atom stereocenters. The summed E-state index contributed by atoms with van der Waals surface area (Å²) in [5.41, 5.74) is 1.77. The Bertz CT molecular complexity index is 830. The SMILES string of the molecule is CCCNc1ncnc2c1cnn2CCNC(=O)Cc1ccccc1. The number of benzene rings is 1. The van der Waals surface area contributed by atoms with E-state index in [-0.39, 0.29) is 5.91 Å². The fourth-order valence-corrected chi connectivity index (χ4v) is 2.59. The maximum atomic E-state index is 12.0. The minimum Gasteiger partial charge on any atom is -0.369 e. The summed E-state index contributed by atoms with van der Waals surface area (Å²) in [5.74, 6) is 0.800. The van der Waals surface area contributed by atoms with Gasteiger partial charge in [0.15, 0.2) is 5.65 Å². The van der Waals surface area contributed by atoms with Crippen LogP contribution in [0.4, 0.5) is 5.82 Å². The average Bonchev–Trinajstić information content (AvgIpc) is 3.04. The Labute approximate surface area is 146 Å². The van der Waals surface area contributed by atoms with E-state index >= 15 is 0 Å². The summed E-state index contributed by atoms with van der Waals surface area (Å²) in [6.07, 6.45) is 4.70. The number of amides is 1. The van der Waals surface area contributed by atoms with Crippen LogP contribution < -0.4 is 10.6 Å². The number of carbonyl (C=O) groups is 1. The average molecular weight is 338 g/mol. The molecule has 7 heteroatoms. The highest BCUT2D eigenvalue weighted by Crippen LogP contribution is 2.18. The van der Waals surface area contributed by atoms with Crippen LogP contribution in [-0.2, 0) is 17.8 Å². The molecular formula is C18H22N6O. The molecule has 0 fully saturated rings. The number of rotatable bonds is 8. The molecule has 0 bridgehead atoms. The Morgan fingerprint density at radius 1 is 1.16 bits per heavy atom. The number of hydrogen-bond acceptors (Lipinski definition) is 5. The van der Waals surface area contributed by atoms with Gasteiger partial charge in [0.25, 0.3) is 0 Å². The quantitative estimate of drug-likeness (QED) is 0.656. The molecule has 0 aliphatic rings. The van der Waals surface area contributed by atoms with Gasteiger partial charge in [0, 0.05) is 13.1 Å². The number of aromatic nitrogens is 4. The lowest BCUT2D eigenvalue weighted by atomic mass is 10.1. The first-order valence-electron chi connectivity index (χ1n) is 8.49. The van der Waals surface area contributed by atoms with Crippen LogP contribution in [0.2, 0.25) is 0 Å². The van der Waals surface area contributed by atoms with Crippen molar-refractivity contribution >= 4 is 22.8 Å². The lowest BCUT2D eigenvalue weighted by molar-refractivity contribution is -0.120. The topological polar surface area (TPSA) is 84.7 Å². The third-order valence-corrected chi connectivity index (χ3v) is 3.83. The fourth-order valence-electron chi connectivity index (χ4n) is 2.59. The summed E-state index contributed by atoms with van der Waals surface area (Å²) < 4.78 is 1.79. The summed E-state index contributed by atoms with van der Waals surface area (Å²) in [7, 11) is 0. The van der Waals surface area contributed by atoms with Crippen LogP contribution in [0.3, 0.4) is 0 Å². The third-order valence-electron chi connectivity index (χ3n) is 3.83. The zero-order valence-corrected chi connectivity index (χ0v) is 14.3. The van der Waals surface area contributed by atoms with Crippen LogP contribution in [-0.4, -0.2) is 38.7 Å². The molecule has 0 radical (unpaired) electrons. The smallest absolute Gasteiger partial charge is 0.224 e. The van der Waals surface area contributed by atoms with Gasteiger partial charge in [-0.1, -0.05) is 37.3 Å². The molecule has 0 saturated heterocycles. The normalized spacial score (nSPS) is 10.8. The summed E-state index contributed by atoms with van der Waals surface area (Å²) in [6.45, 7) is 4.03. The molecule has 3 rings (SSSR count). The molecule has 2 aromatic heterocycles. The van der Waals surface area contributed by atoms with Crippen LogP contribution in [0.25, 0.3) is 11.0 Å². The molecule has 3 aromatic rings. The second-order valence-corrected chi connectivity index (χ2v) is 5.77. The highest BCUT2D eigenvalue weighted by atomic mass is 16.1. The van der Waals surface area contributed by atoms with Crippen molar-refractivity contribution in [3.63, 3.8) is 0 Å². The van der Waals surface area contributed by atoms with Crippen molar-refractivity contribution in [3.8, 4) is 0 Å². The van der Waals surface area contributed by atoms with Gasteiger partial charge < -0.3 is 10.6 Å². The standard InChI is InChI=1S/C18H22N6O/c1-2-8-20-17-15-12-23-24(18(15)22-13-21-17)10-9-19-16(25)11-14-6-4-3-5-7-14/h3-7,12-13H,2,8-11H2,1H3,(H,19,25)(H,20,21,22). The van der Waals surface area contributed by atoms with Crippen LogP contribution >= 0.6 is 0 Å². The van der Waals surface area contributed by atoms with Gasteiger partial charge in [-0.25, -0.2) is 14.6 Å². The molecule has 25 heavy (non-hydrogen) atoms. The van der Waals surface area contributed by atoms with E-state index < -0.39 is 0 Å². The van der Waals surface area contributed by atoms with Gasteiger partial charge in [0.2, 0.25) is 5.91 Å². The van der Waals surface area contributed by atoms with E-state index in [0.29, 0.717) is 19.5 Å². The number of carbonyl (C=O) groups excluding carboxylic acids is 1. The molecule has 0 saturated carbocycles. The van der Waals surface area contributed by atoms with Crippen molar-refractivity contribution in [1.29, 1.82) is 0 Å². The first kappa shape index (κ1) is 16.9. The van der Waals surface area contributed by atoms with Crippen molar-refractivity contribution in [3.05, 3.63) is 48.4 Å². The number of fused-ring (bicyclic) bond motifs is 1. The first-order chi connectivity index (χ1) is 12.3. The van der Waals surface area contributed by atoms with Crippen LogP contribution in [0.1, 0.15) is 18.9 Å². The number of hydrogen-bond donors (Lipinski definition) is 2. The summed E-state index contributed by atoms with van der Waals surface area (Å²) >= 11 is 0. The molecule has 0 spiro atoms. The van der Waals surface area contributed by atoms with E-state index in [1.54, 1.807) is 10.9 Å². The summed E-state index contributed by atoms with van der Waals surface area (Å²) in [4.78, 5) is 20.6. The molecule has 2 heterocycles. The van der Waals surface area contributed by atoms with Gasteiger partial charge in [-0.2, -0.15) is 5.10 Å². The van der Waals surface area contributed by atoms with Crippen molar-refractivity contribution in [2.75, 3.05) is 18.4 Å². The predicted molar refractivity (Wildman–Crippen MR) is 97.3 cm³/mol. The van der Waals surface area contributed by atoms with E-state index in [4.69, 9.17) is 0 Å². The van der Waals surface area contributed by atoms with Gasteiger partial charge in [-0.3, -0.25) is 4.79 Å². The van der Waals surface area contributed by atoms with E-state index in [0.717, 1.165) is 35.4 Å². The van der Waals surface area contributed by atoms with Crippen LogP contribution in [0.5, 0.6) is 0 Å². The Morgan fingerprint density at radius 3 is 2.80 bits per heavy atom. The van der Waals surface area contributed by atoms with E-state index in [1.807, 2.05) is 30.3 Å². The molecule has 1 amide bonds. The second kappa shape index (κ2) is 8.23. The van der Waals surface area contributed by atoms with Gasteiger partial charge >= 0.3 is 0 Å². The highest BCUT2D eigenvalue weighted by molar-refractivity contribution is 5.86. The molecule has 130 valence electrons. The van der Waals surface area contributed by atoms with Gasteiger partial charge in [-0.05, 0) is 12.0 Å². The number of nitrogens with zero attached hydrogens (tertiary/aromatic N) is 4. The maximum absolute atomic E-state index is 12.0. The van der Waals surface area contributed by atoms with Crippen molar-refractivity contribution in [2.45, 2.75) is 26.3 Å². The summed E-state index contributed by atoms with van der Waals surface area (Å²) in [5, 5.41) is 11.5. The molecule has 0 aliphatic heterocycles. The van der Waals surface area contributed by atoms with E-state index in [2.05, 4.69) is 32.6 Å². The Morgan fingerprint density at radius 2 is 2.00 bits per heavy atom. The first-order valence-corrected chi connectivity index (χ1v) is 8.49. The Kier molecular flexibility index (Phi) is 5.56. The minimum absolute atomic E-state index is 0.00240. The molecule has 0 aliphatic carbocycles. The molecule has 2 N–H and O–H groups in total. The van der Waals surface area contributed by atoms with Crippen LogP contribution in [0.15, 0.2) is 42.9 Å². The van der Waals surface area contributed by atoms with Gasteiger partial charge in [-0.15, -0.1) is 0 Å². The van der Waals surface area contributed by atoms with Crippen molar-refractivity contribution in [2.24, 2.45) is 0 Å². The predicted octanol–water partition coefficient (Wildman–Crippen LogP) is 2.01. The molecule has 1 aromatic carbocycles. The zero-order chi connectivity index (χ0) is 17.5. The van der Waals surface area contributed by atoms with Gasteiger partial charge in [0.05, 0.1) is 24.5 Å². The lowest BCUT2D eigenvalue weighted by Gasteiger charge is -2.07. The van der Waals surface area contributed by atoms with E-state index in [9.17, 15) is 4.79 Å². The van der Waals surface area contributed by atoms with Crippen molar-refractivity contribution in [1.82, 2.24) is 25.1 Å². The summed E-state index contributed by atoms with van der Waals surface area (Å²) in [6, 6.07) is 9.70. The molecular weight excluding hydrogens is 316 g/mol. The maximum Gasteiger partial charge on any atom is 0.224 e. The van der Waals surface area contributed by atoms with Gasteiger partial charge in [0.1, 0.15) is 12.1 Å². The molecule has 7 nitrogen and oxygen atoms in total. The largest absolute Gasteiger partial charge is 0.369 e. The highest BCUT2D eigenvalue weighted by Gasteiger charge is 2.09. The minimum atomic E-state index is 0.00240. The monoisotopic (exact) mass is 338 g/mol. The zero-order valence-electron chi connectivity index (χ0n) is 14.3. The van der Waals surface area contributed by atoms with Crippen molar-refractivity contribution < 1.29 is 4.79 Å². The lowest BCUT2D eigenvalue weighted by Crippen LogP contribution is -2.28. The number of nitrogens with one attached hydrogen (secondary N) is 2. The molecule has 0 atom stereocenters. The fraction of sp³-hybridized carbons (Fsp3) is 0.333. The Balaban J connectivity index is 1.57.